The Morgan fingerprint density at radius 1 is 1.27 bits per heavy atom. The molecule has 0 spiro atoms. The molecule has 0 aliphatic rings. The molecular weight excluding hydrogens is 233 g/mol. The third kappa shape index (κ3) is 2.78. The summed E-state index contributed by atoms with van der Waals surface area (Å²) < 4.78 is 0. The summed E-state index contributed by atoms with van der Waals surface area (Å²) in [6, 6.07) is 8.57. The van der Waals surface area contributed by atoms with Crippen LogP contribution in [0.5, 0.6) is 0 Å². The van der Waals surface area contributed by atoms with Crippen molar-refractivity contribution >= 4 is 5.97 Å². The van der Waals surface area contributed by atoms with Crippen LogP contribution in [0, 0.1) is 0 Å². The van der Waals surface area contributed by atoms with E-state index in [2.05, 4.69) is 10.7 Å². The maximum atomic E-state index is 10.7. The second-order valence-corrected chi connectivity index (χ2v) is 1.77. The van der Waals surface area contributed by atoms with E-state index in [1.807, 2.05) is 6.07 Å². The van der Waals surface area contributed by atoms with Crippen LogP contribution in [0.1, 0.15) is 10.4 Å². The largest absolute Gasteiger partial charge is 0.370 e. The molecule has 0 aliphatic carbocycles. The Labute approximate surface area is 77.2 Å². The Bertz CT molecular complexity index is 225. The van der Waals surface area contributed by atoms with Crippen molar-refractivity contribution in [1.82, 2.24) is 0 Å². The normalized spacial score (nSPS) is 8.09. The summed E-state index contributed by atoms with van der Waals surface area (Å²) in [5, 5.41) is 0. The van der Waals surface area contributed by atoms with Gasteiger partial charge in [-0.05, 0) is 12.1 Å². The van der Waals surface area contributed by atoms with Gasteiger partial charge < -0.3 is 4.84 Å². The van der Waals surface area contributed by atoms with Crippen molar-refractivity contribution in [3.63, 3.8) is 0 Å². The van der Waals surface area contributed by atoms with Crippen molar-refractivity contribution in [3.05, 3.63) is 35.9 Å². The fourth-order valence-corrected chi connectivity index (χ4v) is 0.642. The van der Waals surface area contributed by atoms with Gasteiger partial charge in [0.15, 0.2) is 0 Å². The minimum Gasteiger partial charge on any atom is -0.370 e. The molecule has 0 amide bonds. The Balaban J connectivity index is 0.000001000. The van der Waals surface area contributed by atoms with Gasteiger partial charge in [-0.2, -0.15) is 5.90 Å². The maximum Gasteiger partial charge on any atom is 0.356 e. The van der Waals surface area contributed by atoms with Crippen molar-refractivity contribution in [2.45, 2.75) is 0 Å². The second kappa shape index (κ2) is 4.99. The zero-order chi connectivity index (χ0) is 7.40. The predicted molar refractivity (Wildman–Crippen MR) is 36.0 cm³/mol. The summed E-state index contributed by atoms with van der Waals surface area (Å²) >= 11 is 0. The third-order valence-electron chi connectivity index (χ3n) is 1.12. The van der Waals surface area contributed by atoms with Crippen LogP contribution in [0.15, 0.2) is 30.3 Å². The third-order valence-corrected chi connectivity index (χ3v) is 1.12. The van der Waals surface area contributed by atoms with E-state index in [0.29, 0.717) is 5.56 Å². The summed E-state index contributed by atoms with van der Waals surface area (Å²) in [6.45, 7) is 0. The molecule has 0 bridgehead atoms. The van der Waals surface area contributed by atoms with Crippen molar-refractivity contribution < 1.29 is 29.1 Å². The van der Waals surface area contributed by atoms with E-state index in [-0.39, 0.29) is 19.5 Å². The van der Waals surface area contributed by atoms with E-state index < -0.39 is 5.97 Å². The Hall–Kier alpha value is -0.727. The van der Waals surface area contributed by atoms with Crippen LogP contribution in [0.4, 0.5) is 0 Å². The molecule has 1 radical (unpaired) electrons. The molecule has 61 valence electrons. The first-order chi connectivity index (χ1) is 4.84. The van der Waals surface area contributed by atoms with Gasteiger partial charge in [0.2, 0.25) is 0 Å². The number of hydrogen-bond acceptors (Lipinski definition) is 3. The molecule has 0 unspecified atom stereocenters. The minimum atomic E-state index is -0.513. The van der Waals surface area contributed by atoms with Crippen molar-refractivity contribution in [2.75, 3.05) is 0 Å². The van der Waals surface area contributed by atoms with Crippen LogP contribution in [0.3, 0.4) is 0 Å². The molecule has 1 rings (SSSR count). The molecule has 0 aromatic heterocycles. The molecule has 2 N–H and O–H groups in total. The van der Waals surface area contributed by atoms with Crippen LogP contribution in [0.2, 0.25) is 0 Å². The molecule has 11 heavy (non-hydrogen) atoms. The van der Waals surface area contributed by atoms with Gasteiger partial charge in [0.1, 0.15) is 0 Å². The topological polar surface area (TPSA) is 52.3 Å². The van der Waals surface area contributed by atoms with E-state index >= 15 is 0 Å². The number of nitrogens with two attached hydrogens (primary N) is 1. The van der Waals surface area contributed by atoms with Gasteiger partial charge in [-0.3, -0.25) is 0 Å². The first-order valence-electron chi connectivity index (χ1n) is 2.80. The zero-order valence-electron chi connectivity index (χ0n) is 5.61. The zero-order valence-corrected chi connectivity index (χ0v) is 7.25. The van der Waals surface area contributed by atoms with E-state index in [0.717, 1.165) is 0 Å². The average molecular weight is 240 g/mol. The van der Waals surface area contributed by atoms with E-state index in [1.54, 1.807) is 24.3 Å². The fourth-order valence-electron chi connectivity index (χ4n) is 0.642. The fraction of sp³-hybridized carbons (Fsp3) is 0. The quantitative estimate of drug-likeness (QED) is 0.581. The first-order valence-corrected chi connectivity index (χ1v) is 2.80. The predicted octanol–water partition coefficient (Wildman–Crippen LogP) is 0.715. The van der Waals surface area contributed by atoms with Gasteiger partial charge in [0.25, 0.3) is 0 Å². The number of carbonyl (C=O) groups excluding carboxylic acids is 1. The Morgan fingerprint density at radius 3 is 2.27 bits per heavy atom. The van der Waals surface area contributed by atoms with Crippen LogP contribution < -0.4 is 5.90 Å². The standard InChI is InChI=1S/C7H7NO2.Rh/c8-10-7(9)6-4-2-1-3-5-6;/h1-5H,8H2;. The summed E-state index contributed by atoms with van der Waals surface area (Å²) in [7, 11) is 0. The average Bonchev–Trinajstić information content (AvgIpc) is 2.05. The molecule has 0 atom stereocenters. The molecule has 0 saturated heterocycles. The van der Waals surface area contributed by atoms with Gasteiger partial charge in [-0.1, -0.05) is 18.2 Å². The number of carbonyl (C=O) groups is 1. The van der Waals surface area contributed by atoms with Crippen LogP contribution in [-0.4, -0.2) is 5.97 Å². The molecular formula is C7H7NO2Rh. The van der Waals surface area contributed by atoms with E-state index in [9.17, 15) is 4.79 Å². The smallest absolute Gasteiger partial charge is 0.356 e. The molecule has 0 fully saturated rings. The van der Waals surface area contributed by atoms with Crippen molar-refractivity contribution in [2.24, 2.45) is 5.90 Å². The van der Waals surface area contributed by atoms with Crippen LogP contribution in [0.25, 0.3) is 0 Å². The Morgan fingerprint density at radius 2 is 1.82 bits per heavy atom. The molecule has 1 aromatic carbocycles. The van der Waals surface area contributed by atoms with Gasteiger partial charge >= 0.3 is 5.97 Å². The molecule has 0 heterocycles. The molecule has 3 nitrogen and oxygen atoms in total. The van der Waals surface area contributed by atoms with Crippen LogP contribution in [-0.2, 0) is 24.3 Å². The van der Waals surface area contributed by atoms with E-state index in [4.69, 9.17) is 0 Å². The molecule has 4 heteroatoms. The minimum absolute atomic E-state index is 0. The van der Waals surface area contributed by atoms with E-state index in [1.165, 1.54) is 0 Å². The van der Waals surface area contributed by atoms with Gasteiger partial charge in [0, 0.05) is 19.5 Å². The molecule has 1 aromatic rings. The van der Waals surface area contributed by atoms with Gasteiger partial charge in [0.05, 0.1) is 5.56 Å². The second-order valence-electron chi connectivity index (χ2n) is 1.77. The maximum absolute atomic E-state index is 10.7. The number of benzene rings is 1. The van der Waals surface area contributed by atoms with Crippen LogP contribution >= 0.6 is 0 Å². The van der Waals surface area contributed by atoms with Gasteiger partial charge in [-0.15, -0.1) is 0 Å². The molecule has 0 aliphatic heterocycles. The summed E-state index contributed by atoms with van der Waals surface area (Å²) in [5.41, 5.74) is 0.463. The number of hydrogen-bond donors (Lipinski definition) is 1. The summed E-state index contributed by atoms with van der Waals surface area (Å²) in [4.78, 5) is 14.7. The summed E-state index contributed by atoms with van der Waals surface area (Å²) in [5.74, 6) is 4.14. The van der Waals surface area contributed by atoms with Gasteiger partial charge in [-0.25, -0.2) is 4.79 Å². The summed E-state index contributed by atoms with van der Waals surface area (Å²) in [6.07, 6.45) is 0. The SMILES string of the molecule is NOC(=O)c1ccccc1.[Rh]. The van der Waals surface area contributed by atoms with Crippen molar-refractivity contribution in [3.8, 4) is 0 Å². The number of rotatable bonds is 1. The van der Waals surface area contributed by atoms with Crippen molar-refractivity contribution in [1.29, 1.82) is 0 Å². The molecule has 0 saturated carbocycles. The Kier molecular flexibility index (Phi) is 4.66. The monoisotopic (exact) mass is 240 g/mol. The first kappa shape index (κ1) is 10.3.